The molecule has 0 spiro atoms. The zero-order valence-corrected chi connectivity index (χ0v) is 4.68. The minimum atomic E-state index is -2.32. The van der Waals surface area contributed by atoms with E-state index in [0.717, 1.165) is 0 Å². The maximum absolute atomic E-state index is 9.22. The Labute approximate surface area is 37.2 Å². The van der Waals surface area contributed by atoms with E-state index in [4.69, 9.17) is 9.90 Å². The molecule has 0 heterocycles. The first-order chi connectivity index (χ1) is 2.27. The van der Waals surface area contributed by atoms with Gasteiger partial charge in [-0.1, -0.05) is 0 Å². The first-order valence-electron chi connectivity index (χ1n) is 1.07. The first-order valence-corrected chi connectivity index (χ1v) is 3.08. The van der Waals surface area contributed by atoms with Crippen LogP contribution in [0.25, 0.3) is 0 Å². The molecule has 0 saturated carbocycles. The Kier molecular flexibility index (Phi) is 2.23. The van der Waals surface area contributed by atoms with Crippen molar-refractivity contribution in [3.63, 3.8) is 0 Å². The Morgan fingerprint density at radius 1 is 1.80 bits per heavy atom. The fourth-order valence-electron chi connectivity index (χ4n) is 0. The Morgan fingerprint density at radius 3 is 2.00 bits per heavy atom. The van der Waals surface area contributed by atoms with Crippen molar-refractivity contribution in [2.24, 2.45) is 0 Å². The van der Waals surface area contributed by atoms with Gasteiger partial charge >= 0.3 is 36.6 Å². The first kappa shape index (κ1) is 4.98. The quantitative estimate of drug-likeness (QED) is 0.466. The number of rotatable bonds is 1. The van der Waals surface area contributed by atoms with E-state index in [0.29, 0.717) is 0 Å². The fourth-order valence-corrected chi connectivity index (χ4v) is 0. The van der Waals surface area contributed by atoms with Gasteiger partial charge in [0.25, 0.3) is 0 Å². The van der Waals surface area contributed by atoms with Gasteiger partial charge < -0.3 is 0 Å². The Morgan fingerprint density at radius 2 is 2.00 bits per heavy atom. The van der Waals surface area contributed by atoms with Crippen LogP contribution in [0.3, 0.4) is 0 Å². The molecular weight excluding hydrogens is 108 g/mol. The van der Waals surface area contributed by atoms with Crippen molar-refractivity contribution in [3.8, 4) is 0 Å². The summed E-state index contributed by atoms with van der Waals surface area (Å²) in [5.74, 6) is 0. The van der Waals surface area contributed by atoms with Crippen molar-refractivity contribution < 1.29 is 32.3 Å². The zero-order chi connectivity index (χ0) is 4.28. The van der Waals surface area contributed by atoms with Gasteiger partial charge in [0, 0.05) is 0 Å². The number of hydrogen-bond acceptors (Lipinski definition) is 2. The molecule has 4 heteroatoms. The third-order valence-corrected chi connectivity index (χ3v) is 0.509. The maximum atomic E-state index is 9.22. The van der Waals surface area contributed by atoms with Gasteiger partial charge in [0.15, 0.2) is 0 Å². The normalized spacial score (nSPS) is 9.60. The predicted molar refractivity (Wildman–Crippen MR) is 11.5 cm³/mol. The van der Waals surface area contributed by atoms with Crippen molar-refractivity contribution in [2.45, 2.75) is 0 Å². The average molecular weight is 111 g/mol. The van der Waals surface area contributed by atoms with Gasteiger partial charge in [0.05, 0.1) is 0 Å². The van der Waals surface area contributed by atoms with Crippen LogP contribution in [0.15, 0.2) is 0 Å². The van der Waals surface area contributed by atoms with Crippen molar-refractivity contribution >= 4 is 4.27 Å². The minimum absolute atomic E-state index is 1.11. The topological polar surface area (TPSA) is 54.4 Å². The van der Waals surface area contributed by atoms with Crippen LogP contribution in [0.5, 0.6) is 0 Å². The van der Waals surface area contributed by atoms with Crippen LogP contribution in [-0.4, -0.2) is 9.38 Å². The van der Waals surface area contributed by atoms with Crippen LogP contribution in [0, 0.1) is 0 Å². The van der Waals surface area contributed by atoms with Gasteiger partial charge in [-0.25, -0.2) is 0 Å². The van der Waals surface area contributed by atoms with Gasteiger partial charge in [0.1, 0.15) is 0 Å². The van der Waals surface area contributed by atoms with Crippen molar-refractivity contribution in [2.75, 3.05) is 0 Å². The molecule has 0 atom stereocenters. The second-order valence-electron chi connectivity index (χ2n) is 0.538. The van der Waals surface area contributed by atoms with Crippen LogP contribution < -0.4 is 0 Å². The molecule has 0 amide bonds. The van der Waals surface area contributed by atoms with Crippen LogP contribution in [0.2, 0.25) is 0 Å². The molecule has 0 aromatic heterocycles. The molecule has 0 aromatic carbocycles. The van der Waals surface area contributed by atoms with Crippen LogP contribution >= 0.6 is 0 Å². The molecule has 0 aliphatic heterocycles. The summed E-state index contributed by atoms with van der Waals surface area (Å²) in [6.45, 7) is 0. The molecule has 1 N–H and O–H groups in total. The standard InChI is InChI=1S/CHO2.O.Ti.2H/c2-1-3;;;;/h(H,2,3);;;;. The van der Waals surface area contributed by atoms with Crippen molar-refractivity contribution in [1.82, 2.24) is 0 Å². The fraction of sp³-hybridized carbons (Fsp3) is 0. The summed E-state index contributed by atoms with van der Waals surface area (Å²) in [7, 11) is 0. The molecule has 0 unspecified atom stereocenters. The van der Waals surface area contributed by atoms with E-state index in [-0.39, 0.29) is 0 Å². The van der Waals surface area contributed by atoms with Gasteiger partial charge in [-0.15, -0.1) is 0 Å². The molecule has 0 bridgehead atoms. The summed E-state index contributed by atoms with van der Waals surface area (Å²) in [5.41, 5.74) is 0. The van der Waals surface area contributed by atoms with Crippen molar-refractivity contribution in [1.29, 1.82) is 0 Å². The van der Waals surface area contributed by atoms with E-state index in [1.807, 2.05) is 0 Å². The second-order valence-corrected chi connectivity index (χ2v) is 1.93. The molecule has 0 rings (SSSR count). The molecule has 0 saturated heterocycles. The van der Waals surface area contributed by atoms with Crippen molar-refractivity contribution in [3.05, 3.63) is 0 Å². The molecular formula is CH3O3Ti. The average Bonchev–Trinajstić information content (AvgIpc) is 1.38. The Bertz CT molecular complexity index is 57.9. The third-order valence-electron chi connectivity index (χ3n) is 0.123. The summed E-state index contributed by atoms with van der Waals surface area (Å²) < 4.78 is 8.10. The molecule has 0 aromatic rings. The van der Waals surface area contributed by atoms with Gasteiger partial charge in [-0.05, 0) is 0 Å². The van der Waals surface area contributed by atoms with E-state index in [1.54, 1.807) is 0 Å². The van der Waals surface area contributed by atoms with E-state index >= 15 is 0 Å². The molecule has 5 heavy (non-hydrogen) atoms. The molecule has 29 valence electrons. The second kappa shape index (κ2) is 2.24. The van der Waals surface area contributed by atoms with Gasteiger partial charge in [-0.3, -0.25) is 0 Å². The number of carboxylic acid groups (broad SMARTS) is 1. The van der Waals surface area contributed by atoms with Crippen LogP contribution in [0.4, 0.5) is 4.79 Å². The summed E-state index contributed by atoms with van der Waals surface area (Å²) in [6, 6.07) is 0. The summed E-state index contributed by atoms with van der Waals surface area (Å²) in [6.07, 6.45) is 0. The SMILES string of the molecule is [O]=[TiH2][C](=O)O. The summed E-state index contributed by atoms with van der Waals surface area (Å²) in [4.78, 5) is 9.14. The summed E-state index contributed by atoms with van der Waals surface area (Å²) >= 11 is -2.32. The zero-order valence-electron chi connectivity index (χ0n) is 2.47. The number of carbonyl (C=O) groups is 1. The third kappa shape index (κ3) is 3.98. The molecule has 0 aliphatic rings. The number of hydrogen-bond donors (Lipinski definition) is 1. The Hall–Kier alpha value is -0.0157. The van der Waals surface area contributed by atoms with Gasteiger partial charge in [-0.2, -0.15) is 0 Å². The summed E-state index contributed by atoms with van der Waals surface area (Å²) in [5, 5.41) is 7.49. The van der Waals surface area contributed by atoms with E-state index in [1.165, 1.54) is 0 Å². The monoisotopic (exact) mass is 111 g/mol. The van der Waals surface area contributed by atoms with Crippen LogP contribution in [0.1, 0.15) is 0 Å². The molecule has 0 aliphatic carbocycles. The van der Waals surface area contributed by atoms with E-state index in [2.05, 4.69) is 0 Å². The van der Waals surface area contributed by atoms with Gasteiger partial charge in [0.2, 0.25) is 0 Å². The van der Waals surface area contributed by atoms with Crippen LogP contribution in [-0.2, 0) is 22.4 Å². The molecule has 3 nitrogen and oxygen atoms in total. The van der Waals surface area contributed by atoms with E-state index < -0.39 is 23.4 Å². The predicted octanol–water partition coefficient (Wildman–Crippen LogP) is -0.443. The van der Waals surface area contributed by atoms with E-state index in [9.17, 15) is 3.32 Å². The molecule has 0 fully saturated rings. The molecule has 0 radical (unpaired) electrons. The Balaban J connectivity index is 3.20.